The number of esters is 1. The first-order valence-corrected chi connectivity index (χ1v) is 8.58. The van der Waals surface area contributed by atoms with Gasteiger partial charge in [-0.3, -0.25) is 10.1 Å². The minimum absolute atomic E-state index is 0.0435. The van der Waals surface area contributed by atoms with E-state index in [1.165, 1.54) is 0 Å². The van der Waals surface area contributed by atoms with Crippen LogP contribution in [0.25, 0.3) is 0 Å². The first-order chi connectivity index (χ1) is 12.0. The van der Waals surface area contributed by atoms with Crippen LogP contribution in [0.3, 0.4) is 0 Å². The van der Waals surface area contributed by atoms with E-state index >= 15 is 0 Å². The molecule has 1 aromatic carbocycles. The zero-order valence-corrected chi connectivity index (χ0v) is 15.2. The molecule has 0 unspecified atom stereocenters. The summed E-state index contributed by atoms with van der Waals surface area (Å²) < 4.78 is 4.98. The van der Waals surface area contributed by atoms with Crippen LogP contribution >= 0.6 is 23.6 Å². The molecule has 0 fully saturated rings. The van der Waals surface area contributed by atoms with Gasteiger partial charge in [0.15, 0.2) is 5.11 Å². The number of anilines is 1. The summed E-state index contributed by atoms with van der Waals surface area (Å²) in [6.45, 7) is 3.61. The van der Waals surface area contributed by atoms with E-state index in [0.717, 1.165) is 11.3 Å². The van der Waals surface area contributed by atoms with Crippen LogP contribution in [0, 0.1) is 18.3 Å². The highest BCUT2D eigenvalue weighted by Gasteiger charge is 2.22. The maximum atomic E-state index is 12.1. The number of nitrogens with zero attached hydrogens (tertiary/aromatic N) is 1. The lowest BCUT2D eigenvalue weighted by Crippen LogP contribution is -2.34. The molecule has 1 heterocycles. The fourth-order valence-corrected chi connectivity index (χ4v) is 3.34. The molecule has 0 bridgehead atoms. The van der Waals surface area contributed by atoms with Gasteiger partial charge in [0.2, 0.25) is 0 Å². The number of nitrogens with one attached hydrogen (secondary N) is 2. The molecule has 25 heavy (non-hydrogen) atoms. The molecule has 6 nitrogen and oxygen atoms in total. The Labute approximate surface area is 154 Å². The van der Waals surface area contributed by atoms with Crippen molar-refractivity contribution in [3.63, 3.8) is 0 Å². The molecule has 0 atom stereocenters. The SMILES string of the molecule is CCOC(=O)c1sc(NC(=S)NC(=O)c2ccccc2)c(C#N)c1C. The molecule has 0 aliphatic carbocycles. The summed E-state index contributed by atoms with van der Waals surface area (Å²) in [4.78, 5) is 24.4. The van der Waals surface area contributed by atoms with Crippen LogP contribution in [0.15, 0.2) is 30.3 Å². The summed E-state index contributed by atoms with van der Waals surface area (Å²) in [5.74, 6) is -0.857. The van der Waals surface area contributed by atoms with E-state index in [2.05, 4.69) is 10.6 Å². The van der Waals surface area contributed by atoms with E-state index < -0.39 is 5.97 Å². The van der Waals surface area contributed by atoms with Crippen molar-refractivity contribution in [1.29, 1.82) is 5.26 Å². The van der Waals surface area contributed by atoms with E-state index in [1.54, 1.807) is 44.2 Å². The van der Waals surface area contributed by atoms with Gasteiger partial charge in [-0.25, -0.2) is 4.79 Å². The summed E-state index contributed by atoms with van der Waals surface area (Å²) in [6.07, 6.45) is 0. The number of carbonyl (C=O) groups is 2. The fraction of sp³-hybridized carbons (Fsp3) is 0.176. The van der Waals surface area contributed by atoms with Crippen LogP contribution in [-0.4, -0.2) is 23.6 Å². The summed E-state index contributed by atoms with van der Waals surface area (Å²) >= 11 is 6.19. The van der Waals surface area contributed by atoms with Crippen LogP contribution in [0.1, 0.15) is 38.1 Å². The number of carbonyl (C=O) groups excluding carboxylic acids is 2. The van der Waals surface area contributed by atoms with Gasteiger partial charge in [-0.1, -0.05) is 18.2 Å². The molecule has 0 aliphatic rings. The monoisotopic (exact) mass is 373 g/mol. The Hall–Kier alpha value is -2.76. The molecule has 0 radical (unpaired) electrons. The number of nitriles is 1. The standard InChI is InChI=1S/C17H15N3O3S2/c1-3-23-16(22)13-10(2)12(9-18)15(25-13)20-17(24)19-14(21)11-7-5-4-6-8-11/h4-8H,3H2,1-2H3,(H2,19,20,21,24). The van der Waals surface area contributed by atoms with Crippen LogP contribution in [0.4, 0.5) is 5.00 Å². The van der Waals surface area contributed by atoms with Crippen LogP contribution in [0.5, 0.6) is 0 Å². The largest absolute Gasteiger partial charge is 0.462 e. The topological polar surface area (TPSA) is 91.2 Å². The number of ether oxygens (including phenoxy) is 1. The molecule has 128 valence electrons. The van der Waals surface area contributed by atoms with E-state index in [-0.39, 0.29) is 17.6 Å². The van der Waals surface area contributed by atoms with E-state index in [9.17, 15) is 14.9 Å². The predicted octanol–water partition coefficient (Wildman–Crippen LogP) is 3.23. The molecule has 1 aromatic heterocycles. The molecule has 0 spiro atoms. The number of thiocarbonyl (C=S) groups is 1. The second-order valence-corrected chi connectivity index (χ2v) is 6.30. The Morgan fingerprint density at radius 1 is 1.32 bits per heavy atom. The Balaban J connectivity index is 2.15. The lowest BCUT2D eigenvalue weighted by atomic mass is 10.2. The predicted molar refractivity (Wildman–Crippen MR) is 99.9 cm³/mol. The number of hydrogen-bond donors (Lipinski definition) is 2. The van der Waals surface area contributed by atoms with Gasteiger partial charge in [0, 0.05) is 5.56 Å². The highest BCUT2D eigenvalue weighted by molar-refractivity contribution is 7.80. The average Bonchev–Trinajstić information content (AvgIpc) is 2.91. The van der Waals surface area contributed by atoms with Gasteiger partial charge in [-0.05, 0) is 43.8 Å². The third-order valence-corrected chi connectivity index (χ3v) is 4.60. The van der Waals surface area contributed by atoms with Crippen molar-refractivity contribution < 1.29 is 14.3 Å². The van der Waals surface area contributed by atoms with Crippen LogP contribution in [0.2, 0.25) is 0 Å². The average molecular weight is 373 g/mol. The molecule has 0 saturated heterocycles. The van der Waals surface area contributed by atoms with Crippen molar-refractivity contribution in [1.82, 2.24) is 5.32 Å². The third kappa shape index (κ3) is 4.41. The molecule has 1 amide bonds. The second kappa shape index (κ2) is 8.37. The Morgan fingerprint density at radius 2 is 2.00 bits per heavy atom. The summed E-state index contributed by atoms with van der Waals surface area (Å²) in [5, 5.41) is 15.1. The van der Waals surface area contributed by atoms with Crippen molar-refractivity contribution in [2.45, 2.75) is 13.8 Å². The number of hydrogen-bond acceptors (Lipinski definition) is 6. The van der Waals surface area contributed by atoms with Gasteiger partial charge < -0.3 is 10.1 Å². The van der Waals surface area contributed by atoms with Gasteiger partial charge in [-0.15, -0.1) is 11.3 Å². The molecule has 8 heteroatoms. The van der Waals surface area contributed by atoms with Crippen molar-refractivity contribution in [2.75, 3.05) is 11.9 Å². The molecular weight excluding hydrogens is 358 g/mol. The molecular formula is C17H15N3O3S2. The van der Waals surface area contributed by atoms with Gasteiger partial charge in [0.05, 0.1) is 12.2 Å². The quantitative estimate of drug-likeness (QED) is 0.632. The van der Waals surface area contributed by atoms with Gasteiger partial charge >= 0.3 is 5.97 Å². The lowest BCUT2D eigenvalue weighted by Gasteiger charge is -2.08. The number of thiophene rings is 1. The lowest BCUT2D eigenvalue weighted by molar-refractivity contribution is 0.0531. The molecule has 0 aliphatic heterocycles. The van der Waals surface area contributed by atoms with Crippen molar-refractivity contribution >= 4 is 45.5 Å². The Kier molecular flexibility index (Phi) is 6.22. The normalized spacial score (nSPS) is 9.80. The number of rotatable bonds is 4. The zero-order chi connectivity index (χ0) is 18.4. The summed E-state index contributed by atoms with van der Waals surface area (Å²) in [7, 11) is 0. The van der Waals surface area contributed by atoms with Crippen molar-refractivity contribution in [3.8, 4) is 6.07 Å². The highest BCUT2D eigenvalue weighted by Crippen LogP contribution is 2.33. The third-order valence-electron chi connectivity index (χ3n) is 3.21. The minimum atomic E-state index is -0.492. The van der Waals surface area contributed by atoms with Gasteiger partial charge in [0.25, 0.3) is 5.91 Å². The zero-order valence-electron chi connectivity index (χ0n) is 13.6. The molecule has 2 N–H and O–H groups in total. The van der Waals surface area contributed by atoms with Crippen LogP contribution in [-0.2, 0) is 4.74 Å². The van der Waals surface area contributed by atoms with Crippen molar-refractivity contribution in [3.05, 3.63) is 51.9 Å². The number of amides is 1. The molecule has 2 aromatic rings. The van der Waals surface area contributed by atoms with E-state index in [0.29, 0.717) is 26.6 Å². The fourth-order valence-electron chi connectivity index (χ4n) is 2.03. The first-order valence-electron chi connectivity index (χ1n) is 7.35. The summed E-state index contributed by atoms with van der Waals surface area (Å²) in [6, 6.07) is 10.6. The molecule has 2 rings (SSSR count). The van der Waals surface area contributed by atoms with Crippen molar-refractivity contribution in [2.24, 2.45) is 0 Å². The number of benzene rings is 1. The highest BCUT2D eigenvalue weighted by atomic mass is 32.1. The smallest absolute Gasteiger partial charge is 0.348 e. The summed E-state index contributed by atoms with van der Waals surface area (Å²) in [5.41, 5.74) is 1.27. The van der Waals surface area contributed by atoms with Gasteiger partial charge in [0.1, 0.15) is 15.9 Å². The van der Waals surface area contributed by atoms with Crippen LogP contribution < -0.4 is 10.6 Å². The first kappa shape index (κ1) is 18.6. The maximum absolute atomic E-state index is 12.1. The van der Waals surface area contributed by atoms with E-state index in [4.69, 9.17) is 17.0 Å². The second-order valence-electron chi connectivity index (χ2n) is 4.87. The Bertz CT molecular complexity index is 854. The van der Waals surface area contributed by atoms with E-state index in [1.807, 2.05) is 6.07 Å². The minimum Gasteiger partial charge on any atom is -0.462 e. The maximum Gasteiger partial charge on any atom is 0.348 e. The van der Waals surface area contributed by atoms with Gasteiger partial charge in [-0.2, -0.15) is 5.26 Å². The Morgan fingerprint density at radius 3 is 2.60 bits per heavy atom. The molecule has 0 saturated carbocycles.